The number of rotatable bonds is 3. The second kappa shape index (κ2) is 5.23. The Kier molecular flexibility index (Phi) is 3.66. The molecule has 98 valence electrons. The van der Waals surface area contributed by atoms with E-state index in [9.17, 15) is 19.7 Å². The van der Waals surface area contributed by atoms with E-state index in [0.717, 1.165) is 16.7 Å². The fraction of sp³-hybridized carbons (Fsp3) is 0.167. The van der Waals surface area contributed by atoms with Gasteiger partial charge in [-0.25, -0.2) is 0 Å². The molecule has 0 N–H and O–H groups in total. The SMILES string of the molecule is CCN1C(=O)S/C(=C\c2ccccc2[N+](=O)[O-])C1=O. The van der Waals surface area contributed by atoms with Crippen LogP contribution in [-0.4, -0.2) is 27.5 Å². The molecule has 6 nitrogen and oxygen atoms in total. The van der Waals surface area contributed by atoms with Crippen molar-refractivity contribution in [1.82, 2.24) is 4.90 Å². The lowest BCUT2D eigenvalue weighted by molar-refractivity contribution is -0.385. The number of amides is 2. The number of thioether (sulfide) groups is 1. The second-order valence-electron chi connectivity index (χ2n) is 3.74. The molecule has 0 saturated carbocycles. The number of para-hydroxylation sites is 1. The molecule has 1 heterocycles. The van der Waals surface area contributed by atoms with Gasteiger partial charge in [0, 0.05) is 12.6 Å². The molecule has 1 aromatic carbocycles. The van der Waals surface area contributed by atoms with Gasteiger partial charge in [-0.3, -0.25) is 24.6 Å². The van der Waals surface area contributed by atoms with Gasteiger partial charge in [-0.1, -0.05) is 12.1 Å². The van der Waals surface area contributed by atoms with Gasteiger partial charge in [0.25, 0.3) is 16.8 Å². The van der Waals surface area contributed by atoms with E-state index in [1.165, 1.54) is 18.2 Å². The Balaban J connectivity index is 2.41. The van der Waals surface area contributed by atoms with Crippen molar-refractivity contribution < 1.29 is 14.5 Å². The van der Waals surface area contributed by atoms with Crippen molar-refractivity contribution in [2.24, 2.45) is 0 Å². The number of carbonyl (C=O) groups is 2. The van der Waals surface area contributed by atoms with Gasteiger partial charge in [0.2, 0.25) is 0 Å². The Morgan fingerprint density at radius 1 is 1.37 bits per heavy atom. The fourth-order valence-electron chi connectivity index (χ4n) is 1.69. The first-order valence-electron chi connectivity index (χ1n) is 5.53. The Labute approximate surface area is 113 Å². The van der Waals surface area contributed by atoms with Crippen LogP contribution in [0.4, 0.5) is 10.5 Å². The summed E-state index contributed by atoms with van der Waals surface area (Å²) < 4.78 is 0. The van der Waals surface area contributed by atoms with Crippen LogP contribution in [0.2, 0.25) is 0 Å². The van der Waals surface area contributed by atoms with Crippen LogP contribution >= 0.6 is 11.8 Å². The van der Waals surface area contributed by atoms with Crippen LogP contribution in [0.1, 0.15) is 12.5 Å². The predicted molar refractivity (Wildman–Crippen MR) is 71.4 cm³/mol. The fourth-order valence-corrected chi connectivity index (χ4v) is 2.58. The molecule has 1 aromatic rings. The minimum atomic E-state index is -0.518. The molecule has 2 rings (SSSR count). The summed E-state index contributed by atoms with van der Waals surface area (Å²) in [4.78, 5) is 35.1. The molecule has 1 fully saturated rings. The number of carbonyl (C=O) groups excluding carboxylic acids is 2. The highest BCUT2D eigenvalue weighted by molar-refractivity contribution is 8.18. The molecule has 0 aliphatic carbocycles. The molecule has 0 bridgehead atoms. The molecule has 19 heavy (non-hydrogen) atoms. The summed E-state index contributed by atoms with van der Waals surface area (Å²) in [6, 6.07) is 6.09. The van der Waals surface area contributed by atoms with Crippen molar-refractivity contribution in [3.05, 3.63) is 44.8 Å². The summed E-state index contributed by atoms with van der Waals surface area (Å²) in [6.45, 7) is 1.99. The molecule has 1 aliphatic rings. The highest BCUT2D eigenvalue weighted by Gasteiger charge is 2.34. The van der Waals surface area contributed by atoms with Gasteiger partial charge in [-0.2, -0.15) is 0 Å². The Hall–Kier alpha value is -2.15. The Bertz CT molecular complexity index is 597. The normalized spacial score (nSPS) is 17.3. The van der Waals surface area contributed by atoms with E-state index in [0.29, 0.717) is 12.1 Å². The van der Waals surface area contributed by atoms with Crippen molar-refractivity contribution >= 4 is 34.7 Å². The lowest BCUT2D eigenvalue weighted by Crippen LogP contribution is -2.27. The topological polar surface area (TPSA) is 80.5 Å². The average Bonchev–Trinajstić information content (AvgIpc) is 2.64. The molecule has 7 heteroatoms. The minimum Gasteiger partial charge on any atom is -0.269 e. The third-order valence-corrected chi connectivity index (χ3v) is 3.52. The lowest BCUT2D eigenvalue weighted by atomic mass is 10.1. The molecule has 0 aromatic heterocycles. The van der Waals surface area contributed by atoms with Crippen LogP contribution in [-0.2, 0) is 4.79 Å². The van der Waals surface area contributed by atoms with Gasteiger partial charge in [-0.05, 0) is 30.8 Å². The highest BCUT2D eigenvalue weighted by Crippen LogP contribution is 2.33. The first kappa shape index (κ1) is 13.3. The minimum absolute atomic E-state index is 0.0919. The number of benzene rings is 1. The zero-order valence-corrected chi connectivity index (χ0v) is 10.8. The summed E-state index contributed by atoms with van der Waals surface area (Å²) in [5.41, 5.74) is 0.222. The summed E-state index contributed by atoms with van der Waals surface area (Å²) in [6.07, 6.45) is 1.39. The van der Waals surface area contributed by atoms with E-state index in [-0.39, 0.29) is 15.8 Å². The molecule has 0 atom stereocenters. The molecule has 0 unspecified atom stereocenters. The standard InChI is InChI=1S/C12H10N2O4S/c1-2-13-11(15)10(19-12(13)16)7-8-5-3-4-6-9(8)14(17)18/h3-7H,2H2,1H3/b10-7-. The van der Waals surface area contributed by atoms with Crippen LogP contribution in [0.15, 0.2) is 29.2 Å². The molecule has 0 radical (unpaired) electrons. The maximum atomic E-state index is 11.9. The summed E-state index contributed by atoms with van der Waals surface area (Å²) in [7, 11) is 0. The average molecular weight is 278 g/mol. The van der Waals surface area contributed by atoms with Gasteiger partial charge in [-0.15, -0.1) is 0 Å². The van der Waals surface area contributed by atoms with E-state index < -0.39 is 10.8 Å². The number of nitro benzene ring substituents is 1. The lowest BCUT2D eigenvalue weighted by Gasteiger charge is -2.06. The number of hydrogen-bond donors (Lipinski definition) is 0. The van der Waals surface area contributed by atoms with Crippen LogP contribution in [0.3, 0.4) is 0 Å². The summed E-state index contributed by atoms with van der Waals surface area (Å²) >= 11 is 0.798. The molecule has 0 spiro atoms. The van der Waals surface area contributed by atoms with Crippen molar-refractivity contribution in [2.45, 2.75) is 6.92 Å². The van der Waals surface area contributed by atoms with Gasteiger partial charge < -0.3 is 0 Å². The number of likely N-dealkylation sites (N-methyl/N-ethyl adjacent to an activating group) is 1. The number of nitro groups is 1. The van der Waals surface area contributed by atoms with Crippen molar-refractivity contribution in [3.8, 4) is 0 Å². The summed E-state index contributed by atoms with van der Waals surface area (Å²) in [5.74, 6) is -0.407. The largest absolute Gasteiger partial charge is 0.293 e. The third kappa shape index (κ3) is 2.50. The van der Waals surface area contributed by atoms with Crippen LogP contribution in [0.25, 0.3) is 6.08 Å². The first-order valence-corrected chi connectivity index (χ1v) is 6.35. The van der Waals surface area contributed by atoms with Crippen molar-refractivity contribution in [1.29, 1.82) is 0 Å². The summed E-state index contributed by atoms with van der Waals surface area (Å²) in [5, 5.41) is 10.5. The monoisotopic (exact) mass is 278 g/mol. The molecular weight excluding hydrogens is 268 g/mol. The van der Waals surface area contributed by atoms with E-state index in [2.05, 4.69) is 0 Å². The van der Waals surface area contributed by atoms with Crippen molar-refractivity contribution in [2.75, 3.05) is 6.54 Å². The molecule has 2 amide bonds. The maximum Gasteiger partial charge on any atom is 0.293 e. The van der Waals surface area contributed by atoms with E-state index in [1.807, 2.05) is 0 Å². The van der Waals surface area contributed by atoms with Crippen LogP contribution < -0.4 is 0 Å². The third-order valence-electron chi connectivity index (χ3n) is 2.61. The smallest absolute Gasteiger partial charge is 0.269 e. The van der Waals surface area contributed by atoms with Gasteiger partial charge in [0.05, 0.1) is 15.4 Å². The number of nitrogens with zero attached hydrogens (tertiary/aromatic N) is 2. The Morgan fingerprint density at radius 2 is 2.05 bits per heavy atom. The molecule has 1 aliphatic heterocycles. The van der Waals surface area contributed by atoms with Gasteiger partial charge in [0.1, 0.15) is 0 Å². The highest BCUT2D eigenvalue weighted by atomic mass is 32.2. The Morgan fingerprint density at radius 3 is 2.63 bits per heavy atom. The molecular formula is C12H10N2O4S. The van der Waals surface area contributed by atoms with Crippen molar-refractivity contribution in [3.63, 3.8) is 0 Å². The van der Waals surface area contributed by atoms with Gasteiger partial charge >= 0.3 is 0 Å². The zero-order valence-electron chi connectivity index (χ0n) is 10.0. The van der Waals surface area contributed by atoms with E-state index in [4.69, 9.17) is 0 Å². The first-order chi connectivity index (χ1) is 9.04. The van der Waals surface area contributed by atoms with Crippen LogP contribution in [0.5, 0.6) is 0 Å². The van der Waals surface area contributed by atoms with E-state index >= 15 is 0 Å². The second-order valence-corrected chi connectivity index (χ2v) is 4.74. The maximum absolute atomic E-state index is 11.9. The predicted octanol–water partition coefficient (Wildman–Crippen LogP) is 2.65. The van der Waals surface area contributed by atoms with E-state index in [1.54, 1.807) is 19.1 Å². The van der Waals surface area contributed by atoms with Gasteiger partial charge in [0.15, 0.2) is 0 Å². The van der Waals surface area contributed by atoms with Crippen LogP contribution in [0, 0.1) is 10.1 Å². The number of hydrogen-bond acceptors (Lipinski definition) is 5. The number of imide groups is 1. The molecule has 1 saturated heterocycles. The quantitative estimate of drug-likeness (QED) is 0.482. The zero-order chi connectivity index (χ0) is 14.0.